The average Bonchev–Trinajstić information content (AvgIpc) is 1.53. The van der Waals surface area contributed by atoms with Gasteiger partial charge in [0.15, 0.2) is 11.2 Å². The number of H-pyrrole nitrogens is 1. The van der Waals surface area contributed by atoms with Gasteiger partial charge in [-0.15, -0.1) is 0 Å². The smallest absolute Gasteiger partial charge is 0.160 e. The van der Waals surface area contributed by atoms with E-state index in [-0.39, 0.29) is 0 Å². The number of halogens is 1. The highest BCUT2D eigenvalue weighted by molar-refractivity contribution is 9.10. The molecule has 2 aliphatic carbocycles. The third kappa shape index (κ3) is 8.89. The van der Waals surface area contributed by atoms with E-state index in [1.54, 1.807) is 0 Å². The van der Waals surface area contributed by atoms with E-state index in [9.17, 15) is 0 Å². The number of nitrogens with zero attached hydrogens (tertiary/aromatic N) is 3. The highest BCUT2D eigenvalue weighted by Crippen LogP contribution is 2.55. The standard InChI is InChI=1S/C52H30N2O.C30H18N2O.C22H13Br/c1-2-15-32(16-3-1)53-44-26-10-7-21-41(44)49-50-47(48-42-22-8-11-27-45(42)55-52(48)51(49)53)40-20-6-9-25-43(40)54(50)33-17-12-14-31(30-33)34-28-29-39-36-19-5-4-18-35(36)38-24-13-23-37(34)46(38)39;1-2-10-18(11-3-1)32-23-16-8-5-13-20(23)27-28-25(19-12-4-7-15-22(19)31-28)26-21-14-6-9-17-24(21)33-30(26)29(27)32;23-15-6-3-5-14(13-15)16-11-12-21-18-8-2-1-7-17(18)20-10-4-9-19(16)22(20)21/h1-30H;1-17,31H;1-13H. The maximum atomic E-state index is 6.96. The van der Waals surface area contributed by atoms with Crippen molar-refractivity contribution in [2.75, 3.05) is 0 Å². The Kier molecular flexibility index (Phi) is 13.3. The lowest BCUT2D eigenvalue weighted by atomic mass is 9.94. The van der Waals surface area contributed by atoms with E-state index in [0.29, 0.717) is 0 Å². The molecule has 6 nitrogen and oxygen atoms in total. The number of hydrogen-bond donors (Lipinski definition) is 1. The molecule has 0 spiro atoms. The van der Waals surface area contributed by atoms with Crippen molar-refractivity contribution in [3.63, 3.8) is 0 Å². The second-order valence-corrected chi connectivity index (χ2v) is 30.3. The number of nitrogens with one attached hydrogen (secondary N) is 1. The quantitative estimate of drug-likeness (QED) is 0.187. The highest BCUT2D eigenvalue weighted by atomic mass is 79.9. The molecule has 18 aromatic carbocycles. The molecule has 0 unspecified atom stereocenters. The first kappa shape index (κ1) is 61.9. The molecule has 0 fully saturated rings. The predicted molar refractivity (Wildman–Crippen MR) is 469 cm³/mol. The summed E-state index contributed by atoms with van der Waals surface area (Å²) in [7, 11) is 0. The summed E-state index contributed by atoms with van der Waals surface area (Å²) in [5.41, 5.74) is 31.8. The number of rotatable bonds is 5. The van der Waals surface area contributed by atoms with Crippen molar-refractivity contribution in [3.8, 4) is 83.8 Å². The van der Waals surface area contributed by atoms with Gasteiger partial charge in [0.1, 0.15) is 11.2 Å². The van der Waals surface area contributed by atoms with Gasteiger partial charge in [0.2, 0.25) is 0 Å². The van der Waals surface area contributed by atoms with Crippen molar-refractivity contribution in [3.05, 3.63) is 368 Å². The molecule has 7 heteroatoms. The lowest BCUT2D eigenvalue weighted by molar-refractivity contribution is 0.671. The molecule has 26 rings (SSSR count). The monoisotopic (exact) mass is 1480 g/mol. The third-order valence-electron chi connectivity index (χ3n) is 23.6. The molecule has 516 valence electrons. The lowest BCUT2D eigenvalue weighted by Gasteiger charge is -2.14. The molecule has 6 heterocycles. The van der Waals surface area contributed by atoms with Crippen LogP contribution in [0.15, 0.2) is 377 Å². The number of fused-ring (bicyclic) bond motifs is 30. The number of aromatic nitrogens is 4. The van der Waals surface area contributed by atoms with E-state index in [1.807, 2.05) is 6.07 Å². The second kappa shape index (κ2) is 23.9. The van der Waals surface area contributed by atoms with Crippen molar-refractivity contribution in [1.82, 2.24) is 18.7 Å². The molecular formula is C104H61BrN4O2. The summed E-state index contributed by atoms with van der Waals surface area (Å²) in [6, 6.07) is 131. The molecular weight excluding hydrogens is 1420 g/mol. The Labute approximate surface area is 643 Å². The zero-order chi connectivity index (χ0) is 72.7. The predicted octanol–water partition coefficient (Wildman–Crippen LogP) is 29.5. The van der Waals surface area contributed by atoms with Crippen LogP contribution in [0, 0.1) is 0 Å². The molecule has 2 aliphatic rings. The van der Waals surface area contributed by atoms with Gasteiger partial charge in [-0.1, -0.05) is 295 Å². The van der Waals surface area contributed by atoms with E-state index in [2.05, 4.69) is 393 Å². The van der Waals surface area contributed by atoms with Crippen LogP contribution in [0.5, 0.6) is 0 Å². The summed E-state index contributed by atoms with van der Waals surface area (Å²) >= 11 is 3.59. The van der Waals surface area contributed by atoms with Crippen LogP contribution >= 0.6 is 15.9 Å². The van der Waals surface area contributed by atoms with E-state index in [1.165, 1.54) is 153 Å². The van der Waals surface area contributed by atoms with E-state index >= 15 is 0 Å². The fraction of sp³-hybridized carbons (Fsp3) is 0. The van der Waals surface area contributed by atoms with Crippen LogP contribution in [0.25, 0.3) is 236 Å². The van der Waals surface area contributed by atoms with Crippen molar-refractivity contribution >= 4 is 169 Å². The Morgan fingerprint density at radius 2 is 0.595 bits per heavy atom. The number of benzene rings is 18. The molecule has 6 aromatic heterocycles. The van der Waals surface area contributed by atoms with Gasteiger partial charge in [0.05, 0.1) is 38.6 Å². The first-order valence-electron chi connectivity index (χ1n) is 37.9. The van der Waals surface area contributed by atoms with Gasteiger partial charge in [0.25, 0.3) is 0 Å². The summed E-state index contributed by atoms with van der Waals surface area (Å²) in [6.07, 6.45) is 0. The van der Waals surface area contributed by atoms with Gasteiger partial charge in [0, 0.05) is 91.7 Å². The lowest BCUT2D eigenvalue weighted by Crippen LogP contribution is -1.96. The summed E-state index contributed by atoms with van der Waals surface area (Å²) < 4.78 is 22.0. The third-order valence-corrected chi connectivity index (χ3v) is 24.1. The van der Waals surface area contributed by atoms with Gasteiger partial charge in [-0.25, -0.2) is 0 Å². The molecule has 0 saturated heterocycles. The van der Waals surface area contributed by atoms with Gasteiger partial charge in [-0.05, 0) is 173 Å². The van der Waals surface area contributed by atoms with Crippen LogP contribution in [0.1, 0.15) is 0 Å². The zero-order valence-electron chi connectivity index (χ0n) is 59.7. The minimum absolute atomic E-state index is 0.893. The van der Waals surface area contributed by atoms with E-state index in [4.69, 9.17) is 8.83 Å². The Morgan fingerprint density at radius 3 is 1.14 bits per heavy atom. The molecule has 0 aliphatic heterocycles. The van der Waals surface area contributed by atoms with Crippen LogP contribution in [0.3, 0.4) is 0 Å². The fourth-order valence-electron chi connectivity index (χ4n) is 19.2. The SMILES string of the molecule is Brc1cccc(-c2ccc3c4c(cccc24)-c2ccccc2-3)c1.c1ccc(-n2c3ccccc3c3c2c2oc4ccccc4c2c2c4ccccc4n(-c4cccc(-c5ccc6c7c(cccc57)-c5ccccc5-6)c4)c23)cc1.c1ccc(-n2c3ccccc3c3c4[nH]c5ccccc5c4c4c5ccccc5oc4c32)cc1. The van der Waals surface area contributed by atoms with Crippen LogP contribution < -0.4 is 0 Å². The topological polar surface area (TPSA) is 56.9 Å². The largest absolute Gasteiger partial charge is 0.454 e. The molecule has 0 atom stereocenters. The Balaban J connectivity index is 0.000000108. The van der Waals surface area contributed by atoms with Crippen molar-refractivity contribution < 1.29 is 8.83 Å². The fourth-order valence-corrected chi connectivity index (χ4v) is 19.6. The van der Waals surface area contributed by atoms with E-state index in [0.717, 1.165) is 87.6 Å². The first-order chi connectivity index (χ1) is 55.1. The normalized spacial score (nSPS) is 12.2. The average molecular weight is 1480 g/mol. The maximum Gasteiger partial charge on any atom is 0.160 e. The van der Waals surface area contributed by atoms with E-state index < -0.39 is 0 Å². The minimum Gasteiger partial charge on any atom is -0.454 e. The van der Waals surface area contributed by atoms with Gasteiger partial charge in [-0.3, -0.25) is 0 Å². The number of hydrogen-bond acceptors (Lipinski definition) is 2. The molecule has 1 N–H and O–H groups in total. The van der Waals surface area contributed by atoms with Gasteiger partial charge >= 0.3 is 0 Å². The summed E-state index contributed by atoms with van der Waals surface area (Å²) in [6.45, 7) is 0. The van der Waals surface area contributed by atoms with Crippen LogP contribution in [-0.2, 0) is 0 Å². The Bertz CT molecular complexity index is 8040. The van der Waals surface area contributed by atoms with Crippen LogP contribution in [0.4, 0.5) is 0 Å². The van der Waals surface area contributed by atoms with Crippen molar-refractivity contribution in [2.45, 2.75) is 0 Å². The van der Waals surface area contributed by atoms with Crippen LogP contribution in [0.2, 0.25) is 0 Å². The van der Waals surface area contributed by atoms with Crippen molar-refractivity contribution in [1.29, 1.82) is 0 Å². The van der Waals surface area contributed by atoms with Gasteiger partial charge < -0.3 is 27.5 Å². The molecule has 24 aromatic rings. The van der Waals surface area contributed by atoms with Crippen LogP contribution in [-0.4, -0.2) is 18.7 Å². The van der Waals surface area contributed by atoms with Crippen molar-refractivity contribution in [2.24, 2.45) is 0 Å². The Morgan fingerprint density at radius 1 is 0.225 bits per heavy atom. The molecule has 111 heavy (non-hydrogen) atoms. The minimum atomic E-state index is 0.893. The molecule has 0 saturated carbocycles. The molecule has 0 radical (unpaired) electrons. The zero-order valence-corrected chi connectivity index (χ0v) is 61.3. The summed E-state index contributed by atoms with van der Waals surface area (Å²) in [5, 5.41) is 19.6. The van der Waals surface area contributed by atoms with Gasteiger partial charge in [-0.2, -0.15) is 0 Å². The molecule has 0 amide bonds. The summed E-state index contributed by atoms with van der Waals surface area (Å²) in [4.78, 5) is 3.77. The molecule has 0 bridgehead atoms. The summed E-state index contributed by atoms with van der Waals surface area (Å²) in [5.74, 6) is 0. The number of aromatic amines is 1. The maximum absolute atomic E-state index is 6.96. The number of furan rings is 2. The highest BCUT2D eigenvalue weighted by Gasteiger charge is 2.31. The number of para-hydroxylation sites is 8. The Hall–Kier alpha value is -14.2. The second-order valence-electron chi connectivity index (χ2n) is 29.4. The first-order valence-corrected chi connectivity index (χ1v) is 38.7.